The Bertz CT molecular complexity index is 547. The van der Waals surface area contributed by atoms with E-state index in [2.05, 4.69) is 15.6 Å². The van der Waals surface area contributed by atoms with Crippen molar-refractivity contribution in [3.8, 4) is 0 Å². The molecule has 1 unspecified atom stereocenters. The number of rotatable bonds is 2. The highest BCUT2D eigenvalue weighted by Crippen LogP contribution is 2.16. The Morgan fingerprint density at radius 3 is 3.35 bits per heavy atom. The zero-order valence-corrected chi connectivity index (χ0v) is 9.91. The summed E-state index contributed by atoms with van der Waals surface area (Å²) >= 11 is 1.73. The number of nitrogens with one attached hydrogen (secondary N) is 2. The first-order chi connectivity index (χ1) is 8.34. The van der Waals surface area contributed by atoms with E-state index in [9.17, 15) is 4.79 Å². The molecule has 1 fully saturated rings. The minimum Gasteiger partial charge on any atom is -0.322 e. The largest absolute Gasteiger partial charge is 0.322 e. The number of hydrogen-bond acceptors (Lipinski definition) is 4. The van der Waals surface area contributed by atoms with Gasteiger partial charge in [-0.25, -0.2) is 4.98 Å². The van der Waals surface area contributed by atoms with Crippen molar-refractivity contribution >= 4 is 29.0 Å². The fraction of sp³-hybridized carbons (Fsp3) is 0.273. The van der Waals surface area contributed by atoms with Crippen LogP contribution in [0.2, 0.25) is 0 Å². The van der Waals surface area contributed by atoms with Gasteiger partial charge in [0.1, 0.15) is 0 Å². The first kappa shape index (κ1) is 10.6. The number of fused-ring (bicyclic) bond motifs is 1. The van der Waals surface area contributed by atoms with Crippen LogP contribution >= 0.6 is 11.8 Å². The van der Waals surface area contributed by atoms with E-state index < -0.39 is 0 Å². The summed E-state index contributed by atoms with van der Waals surface area (Å²) in [5.41, 5.74) is 1.52. The lowest BCUT2D eigenvalue weighted by atomic mass is 10.3. The van der Waals surface area contributed by atoms with E-state index in [0.717, 1.165) is 23.0 Å². The van der Waals surface area contributed by atoms with Crippen LogP contribution in [0.3, 0.4) is 0 Å². The van der Waals surface area contributed by atoms with Crippen LogP contribution in [0.25, 0.3) is 5.65 Å². The molecule has 0 spiro atoms. The van der Waals surface area contributed by atoms with Crippen LogP contribution in [0.1, 0.15) is 0 Å². The molecule has 2 N–H and O–H groups in total. The summed E-state index contributed by atoms with van der Waals surface area (Å²) in [5.74, 6) is 1.67. The smallest absolute Gasteiger partial charge is 0.242 e. The van der Waals surface area contributed by atoms with E-state index in [1.165, 1.54) is 0 Å². The molecule has 1 aliphatic heterocycles. The molecule has 2 aromatic heterocycles. The van der Waals surface area contributed by atoms with E-state index in [4.69, 9.17) is 0 Å². The van der Waals surface area contributed by atoms with Crippen LogP contribution in [0.15, 0.2) is 30.7 Å². The minimum absolute atomic E-state index is 0.00565. The number of amides is 1. The lowest BCUT2D eigenvalue weighted by molar-refractivity contribution is -0.117. The molecule has 0 radical (unpaired) electrons. The number of carbonyl (C=O) groups excluding carboxylic acids is 1. The molecule has 1 amide bonds. The first-order valence-electron chi connectivity index (χ1n) is 5.38. The van der Waals surface area contributed by atoms with Crippen LogP contribution in [0.5, 0.6) is 0 Å². The lowest BCUT2D eigenvalue weighted by Crippen LogP contribution is -2.37. The number of pyridine rings is 1. The maximum Gasteiger partial charge on any atom is 0.242 e. The van der Waals surface area contributed by atoms with Crippen molar-refractivity contribution in [1.82, 2.24) is 14.7 Å². The molecular formula is C11H12N4OS. The highest BCUT2D eigenvalue weighted by atomic mass is 32.2. The van der Waals surface area contributed by atoms with Crippen molar-refractivity contribution < 1.29 is 4.79 Å². The van der Waals surface area contributed by atoms with Gasteiger partial charge in [0.05, 0.1) is 11.7 Å². The summed E-state index contributed by atoms with van der Waals surface area (Å²) in [7, 11) is 0. The standard InChI is InChI=1S/C11H12N4OS/c16-11(9-6-17-7-13-9)14-8-2-1-4-15-5-3-12-10(8)15/h1-5,9,13H,6-7H2,(H,14,16). The Morgan fingerprint density at radius 1 is 1.59 bits per heavy atom. The van der Waals surface area contributed by atoms with Gasteiger partial charge in [-0.3, -0.25) is 10.1 Å². The number of aromatic nitrogens is 2. The molecule has 6 heteroatoms. The maximum atomic E-state index is 12.0. The second-order valence-electron chi connectivity index (χ2n) is 3.84. The van der Waals surface area contributed by atoms with Gasteiger partial charge in [0.25, 0.3) is 0 Å². The Morgan fingerprint density at radius 2 is 2.53 bits per heavy atom. The summed E-state index contributed by atoms with van der Waals surface area (Å²) in [4.78, 5) is 16.2. The van der Waals surface area contributed by atoms with Gasteiger partial charge in [-0.15, -0.1) is 11.8 Å². The van der Waals surface area contributed by atoms with Crippen LogP contribution in [0, 0.1) is 0 Å². The Kier molecular flexibility index (Phi) is 2.74. The summed E-state index contributed by atoms with van der Waals surface area (Å²) in [6, 6.07) is 3.65. The van der Waals surface area contributed by atoms with Gasteiger partial charge in [-0.1, -0.05) is 0 Å². The van der Waals surface area contributed by atoms with Crippen molar-refractivity contribution in [3.05, 3.63) is 30.7 Å². The van der Waals surface area contributed by atoms with E-state index in [1.54, 1.807) is 18.0 Å². The molecule has 1 aliphatic rings. The monoisotopic (exact) mass is 248 g/mol. The molecule has 1 saturated heterocycles. The Balaban J connectivity index is 1.84. The van der Waals surface area contributed by atoms with Gasteiger partial charge in [0.15, 0.2) is 5.65 Å². The second-order valence-corrected chi connectivity index (χ2v) is 4.87. The average molecular weight is 248 g/mol. The molecule has 0 aliphatic carbocycles. The molecule has 3 rings (SSSR count). The Labute approximate surface area is 103 Å². The van der Waals surface area contributed by atoms with Crippen LogP contribution in [-0.4, -0.2) is 33.0 Å². The third kappa shape index (κ3) is 2.01. The van der Waals surface area contributed by atoms with Gasteiger partial charge < -0.3 is 9.72 Å². The van der Waals surface area contributed by atoms with Crippen molar-refractivity contribution in [2.75, 3.05) is 16.9 Å². The van der Waals surface area contributed by atoms with Gasteiger partial charge in [0, 0.05) is 30.2 Å². The SMILES string of the molecule is O=C(Nc1cccn2ccnc12)C1CSCN1. The number of carbonyl (C=O) groups is 1. The van der Waals surface area contributed by atoms with Gasteiger partial charge in [0.2, 0.25) is 5.91 Å². The predicted molar refractivity (Wildman–Crippen MR) is 68.1 cm³/mol. The summed E-state index contributed by atoms with van der Waals surface area (Å²) in [6.07, 6.45) is 5.48. The quantitative estimate of drug-likeness (QED) is 0.830. The number of thioether (sulfide) groups is 1. The van der Waals surface area contributed by atoms with Crippen molar-refractivity contribution in [1.29, 1.82) is 0 Å². The highest BCUT2D eigenvalue weighted by molar-refractivity contribution is 7.99. The maximum absolute atomic E-state index is 12.0. The van der Waals surface area contributed by atoms with E-state index in [-0.39, 0.29) is 11.9 Å². The highest BCUT2D eigenvalue weighted by Gasteiger charge is 2.22. The van der Waals surface area contributed by atoms with Gasteiger partial charge in [-0.05, 0) is 12.1 Å². The third-order valence-corrected chi connectivity index (χ3v) is 3.65. The fourth-order valence-corrected chi connectivity index (χ4v) is 2.77. The number of imidazole rings is 1. The van der Waals surface area contributed by atoms with Crippen LogP contribution in [-0.2, 0) is 4.79 Å². The van der Waals surface area contributed by atoms with Crippen molar-refractivity contribution in [2.24, 2.45) is 0 Å². The minimum atomic E-state index is -0.102. The fourth-order valence-electron chi connectivity index (χ4n) is 1.83. The third-order valence-electron chi connectivity index (χ3n) is 2.71. The van der Waals surface area contributed by atoms with Crippen LogP contribution in [0.4, 0.5) is 5.69 Å². The number of hydrogen-bond donors (Lipinski definition) is 2. The first-order valence-corrected chi connectivity index (χ1v) is 6.54. The molecule has 17 heavy (non-hydrogen) atoms. The molecule has 0 saturated carbocycles. The number of nitrogens with zero attached hydrogens (tertiary/aromatic N) is 2. The molecule has 5 nitrogen and oxygen atoms in total. The summed E-state index contributed by atoms with van der Waals surface area (Å²) < 4.78 is 1.88. The molecule has 0 aromatic carbocycles. The Hall–Kier alpha value is -1.53. The lowest BCUT2D eigenvalue weighted by Gasteiger charge is -2.10. The molecule has 3 heterocycles. The van der Waals surface area contributed by atoms with E-state index in [0.29, 0.717) is 0 Å². The summed E-state index contributed by atoms with van der Waals surface area (Å²) in [5, 5.41) is 6.06. The molecule has 1 atom stereocenters. The van der Waals surface area contributed by atoms with Gasteiger partial charge in [-0.2, -0.15) is 0 Å². The zero-order valence-electron chi connectivity index (χ0n) is 9.09. The van der Waals surface area contributed by atoms with Crippen molar-refractivity contribution in [2.45, 2.75) is 6.04 Å². The zero-order chi connectivity index (χ0) is 11.7. The molecule has 0 bridgehead atoms. The van der Waals surface area contributed by atoms with Gasteiger partial charge >= 0.3 is 0 Å². The van der Waals surface area contributed by atoms with Crippen LogP contribution < -0.4 is 10.6 Å². The molecule has 88 valence electrons. The second kappa shape index (κ2) is 4.38. The van der Waals surface area contributed by atoms with Crippen molar-refractivity contribution in [3.63, 3.8) is 0 Å². The predicted octanol–water partition coefficient (Wildman–Crippen LogP) is 0.935. The average Bonchev–Trinajstić information content (AvgIpc) is 3.00. The van der Waals surface area contributed by atoms with E-state index >= 15 is 0 Å². The molecular weight excluding hydrogens is 236 g/mol. The normalized spacial score (nSPS) is 19.6. The van der Waals surface area contributed by atoms with E-state index in [1.807, 2.05) is 28.9 Å². The number of anilines is 1. The topological polar surface area (TPSA) is 58.4 Å². The molecule has 2 aromatic rings. The summed E-state index contributed by atoms with van der Waals surface area (Å²) in [6.45, 7) is 0.